The summed E-state index contributed by atoms with van der Waals surface area (Å²) in [6.45, 7) is 2.52. The largest absolute Gasteiger partial charge is 0.353 e. The molecule has 0 aliphatic carbocycles. The second-order valence-corrected chi connectivity index (χ2v) is 3.04. The molecule has 12 heavy (non-hydrogen) atoms. The molecule has 1 aliphatic heterocycles. The topological polar surface area (TPSA) is 52.2 Å². The number of amides is 1. The Morgan fingerprint density at radius 1 is 1.33 bits per heavy atom. The number of nitrogens with one attached hydrogen (secondary N) is 1. The van der Waals surface area contributed by atoms with Crippen molar-refractivity contribution in [1.82, 2.24) is 10.2 Å². The highest BCUT2D eigenvalue weighted by atomic mass is 16.3. The molecule has 1 radical (unpaired) electrons. The monoisotopic (exact) mass is 171 g/mol. The van der Waals surface area contributed by atoms with Crippen LogP contribution in [0.1, 0.15) is 12.8 Å². The van der Waals surface area contributed by atoms with E-state index in [9.17, 15) is 9.90 Å². The van der Waals surface area contributed by atoms with Crippen molar-refractivity contribution in [3.63, 3.8) is 0 Å². The predicted molar refractivity (Wildman–Crippen MR) is 44.2 cm³/mol. The van der Waals surface area contributed by atoms with Crippen molar-refractivity contribution in [2.24, 2.45) is 0 Å². The van der Waals surface area contributed by atoms with Crippen LogP contribution in [0.15, 0.2) is 0 Å². The second kappa shape index (κ2) is 5.11. The zero-order valence-electron chi connectivity index (χ0n) is 7.21. The smallest absolute Gasteiger partial charge is 0.234 e. The molecule has 0 aromatic carbocycles. The van der Waals surface area contributed by atoms with Gasteiger partial charge in [0.05, 0.1) is 13.2 Å². The molecule has 1 N–H and O–H groups in total. The lowest BCUT2D eigenvalue weighted by Gasteiger charge is -2.13. The van der Waals surface area contributed by atoms with Crippen LogP contribution in [0, 0.1) is 0 Å². The summed E-state index contributed by atoms with van der Waals surface area (Å²) in [5.41, 5.74) is 0. The van der Waals surface area contributed by atoms with Gasteiger partial charge in [0, 0.05) is 6.54 Å². The second-order valence-electron chi connectivity index (χ2n) is 3.04. The van der Waals surface area contributed by atoms with E-state index in [0.29, 0.717) is 6.54 Å². The van der Waals surface area contributed by atoms with Crippen LogP contribution in [0.4, 0.5) is 0 Å². The molecule has 0 bridgehead atoms. The quantitative estimate of drug-likeness (QED) is 0.627. The predicted octanol–water partition coefficient (Wildman–Crippen LogP) is -0.371. The molecular weight excluding hydrogens is 156 g/mol. The van der Waals surface area contributed by atoms with Gasteiger partial charge in [-0.3, -0.25) is 9.69 Å². The van der Waals surface area contributed by atoms with E-state index in [4.69, 9.17) is 0 Å². The first-order valence-electron chi connectivity index (χ1n) is 4.40. The molecule has 4 heteroatoms. The number of likely N-dealkylation sites (tertiary alicyclic amines) is 1. The number of nitrogens with zero attached hydrogens (tertiary/aromatic N) is 1. The third-order valence-electron chi connectivity index (χ3n) is 1.99. The van der Waals surface area contributed by atoms with E-state index in [1.165, 1.54) is 12.8 Å². The van der Waals surface area contributed by atoms with Crippen LogP contribution in [0.3, 0.4) is 0 Å². The van der Waals surface area contributed by atoms with Crippen molar-refractivity contribution in [3.05, 3.63) is 0 Å². The van der Waals surface area contributed by atoms with Gasteiger partial charge in [0.15, 0.2) is 0 Å². The molecule has 0 aromatic rings. The Balaban J connectivity index is 2.08. The summed E-state index contributed by atoms with van der Waals surface area (Å²) in [7, 11) is 0. The number of hydrogen-bond donors (Lipinski definition) is 1. The Kier molecular flexibility index (Phi) is 4.04. The standard InChI is InChI=1S/C8H15N2O2/c11-6-3-9-8(12)7-10-4-1-2-5-10/h1-7H2,(H,9,12). The molecule has 0 unspecified atom stereocenters. The fourth-order valence-electron chi connectivity index (χ4n) is 1.39. The SMILES string of the molecule is [O]CCNC(=O)CN1CCCC1. The first-order chi connectivity index (χ1) is 5.83. The maximum atomic E-state index is 11.1. The molecule has 1 saturated heterocycles. The van der Waals surface area contributed by atoms with E-state index >= 15 is 0 Å². The minimum atomic E-state index is -0.230. The number of hydrogen-bond acceptors (Lipinski definition) is 2. The van der Waals surface area contributed by atoms with Gasteiger partial charge >= 0.3 is 0 Å². The van der Waals surface area contributed by atoms with E-state index in [1.54, 1.807) is 0 Å². The molecule has 69 valence electrons. The zero-order valence-corrected chi connectivity index (χ0v) is 7.21. The number of rotatable bonds is 4. The molecule has 0 aromatic heterocycles. The van der Waals surface area contributed by atoms with Crippen LogP contribution in [0.25, 0.3) is 0 Å². The van der Waals surface area contributed by atoms with Gasteiger partial charge in [0.2, 0.25) is 5.91 Å². The Labute approximate surface area is 72.6 Å². The van der Waals surface area contributed by atoms with Crippen LogP contribution in [-0.4, -0.2) is 43.6 Å². The van der Waals surface area contributed by atoms with Gasteiger partial charge in [0.1, 0.15) is 0 Å². The van der Waals surface area contributed by atoms with E-state index in [-0.39, 0.29) is 19.1 Å². The molecule has 1 aliphatic rings. The Morgan fingerprint density at radius 3 is 2.58 bits per heavy atom. The summed E-state index contributed by atoms with van der Waals surface area (Å²) in [4.78, 5) is 13.2. The highest BCUT2D eigenvalue weighted by Gasteiger charge is 2.14. The molecule has 0 saturated carbocycles. The van der Waals surface area contributed by atoms with E-state index in [2.05, 4.69) is 10.2 Å². The minimum Gasteiger partial charge on any atom is -0.353 e. The molecule has 1 heterocycles. The van der Waals surface area contributed by atoms with E-state index in [0.717, 1.165) is 13.1 Å². The van der Waals surface area contributed by atoms with Crippen LogP contribution in [0.5, 0.6) is 0 Å². The lowest BCUT2D eigenvalue weighted by Crippen LogP contribution is -2.36. The fraction of sp³-hybridized carbons (Fsp3) is 0.875. The van der Waals surface area contributed by atoms with Gasteiger partial charge < -0.3 is 5.32 Å². The van der Waals surface area contributed by atoms with Crippen molar-refractivity contribution >= 4 is 5.91 Å². The van der Waals surface area contributed by atoms with Crippen molar-refractivity contribution in [3.8, 4) is 0 Å². The minimum absolute atomic E-state index is 0.0206. The van der Waals surface area contributed by atoms with Gasteiger partial charge in [-0.05, 0) is 25.9 Å². The molecule has 0 spiro atoms. The molecule has 4 nitrogen and oxygen atoms in total. The van der Waals surface area contributed by atoms with Gasteiger partial charge in [-0.25, -0.2) is 5.11 Å². The lowest BCUT2D eigenvalue weighted by molar-refractivity contribution is -0.122. The van der Waals surface area contributed by atoms with Gasteiger partial charge in [0.25, 0.3) is 0 Å². The van der Waals surface area contributed by atoms with Crippen LogP contribution in [-0.2, 0) is 9.90 Å². The van der Waals surface area contributed by atoms with E-state index < -0.39 is 0 Å². The maximum absolute atomic E-state index is 11.1. The van der Waals surface area contributed by atoms with Crippen molar-refractivity contribution in [1.29, 1.82) is 0 Å². The average molecular weight is 171 g/mol. The third-order valence-corrected chi connectivity index (χ3v) is 1.99. The van der Waals surface area contributed by atoms with Gasteiger partial charge in [-0.1, -0.05) is 0 Å². The number of carbonyl (C=O) groups excluding carboxylic acids is 1. The first kappa shape index (κ1) is 9.48. The normalized spacial score (nSPS) is 18.1. The van der Waals surface area contributed by atoms with Gasteiger partial charge in [-0.2, -0.15) is 0 Å². The highest BCUT2D eigenvalue weighted by molar-refractivity contribution is 5.77. The highest BCUT2D eigenvalue weighted by Crippen LogP contribution is 2.05. The summed E-state index contributed by atoms with van der Waals surface area (Å²) >= 11 is 0. The van der Waals surface area contributed by atoms with Crippen molar-refractivity contribution in [2.75, 3.05) is 32.8 Å². The first-order valence-corrected chi connectivity index (χ1v) is 4.40. The summed E-state index contributed by atoms with van der Waals surface area (Å²) in [6, 6.07) is 0. The molecule has 1 rings (SSSR count). The van der Waals surface area contributed by atoms with Crippen LogP contribution in [0.2, 0.25) is 0 Å². The number of carbonyl (C=O) groups is 1. The zero-order chi connectivity index (χ0) is 8.81. The van der Waals surface area contributed by atoms with E-state index in [1.807, 2.05) is 0 Å². The molecule has 1 amide bonds. The Hall–Kier alpha value is -0.610. The molecule has 0 atom stereocenters. The fourth-order valence-corrected chi connectivity index (χ4v) is 1.39. The van der Waals surface area contributed by atoms with Crippen molar-refractivity contribution in [2.45, 2.75) is 12.8 Å². The lowest BCUT2D eigenvalue weighted by atomic mass is 10.4. The third kappa shape index (κ3) is 3.19. The summed E-state index contributed by atoms with van der Waals surface area (Å²) < 4.78 is 0. The molecular formula is C8H15N2O2. The van der Waals surface area contributed by atoms with Crippen LogP contribution >= 0.6 is 0 Å². The van der Waals surface area contributed by atoms with Crippen molar-refractivity contribution < 1.29 is 9.90 Å². The summed E-state index contributed by atoms with van der Waals surface area (Å²) in [6.07, 6.45) is 2.38. The Morgan fingerprint density at radius 2 is 2.00 bits per heavy atom. The summed E-state index contributed by atoms with van der Waals surface area (Å²) in [5, 5.41) is 12.6. The average Bonchev–Trinajstić information content (AvgIpc) is 2.53. The van der Waals surface area contributed by atoms with Gasteiger partial charge in [-0.15, -0.1) is 0 Å². The maximum Gasteiger partial charge on any atom is 0.234 e. The van der Waals surface area contributed by atoms with Crippen LogP contribution < -0.4 is 5.32 Å². The molecule has 1 fully saturated rings. The summed E-state index contributed by atoms with van der Waals surface area (Å²) in [5.74, 6) is -0.0206. The Bertz CT molecular complexity index is 144.